The molecule has 14 heavy (non-hydrogen) atoms. The first-order chi connectivity index (χ1) is 6.74. The lowest BCUT2D eigenvalue weighted by molar-refractivity contribution is 0.374. The predicted molar refractivity (Wildman–Crippen MR) is 61.3 cm³/mol. The molecule has 1 aromatic carbocycles. The van der Waals surface area contributed by atoms with E-state index in [0.29, 0.717) is 0 Å². The van der Waals surface area contributed by atoms with Crippen molar-refractivity contribution in [2.75, 3.05) is 0 Å². The van der Waals surface area contributed by atoms with Crippen LogP contribution in [0.5, 0.6) is 0 Å². The Hall–Kier alpha value is -0.850. The molecule has 0 radical (unpaired) electrons. The summed E-state index contributed by atoms with van der Waals surface area (Å²) in [7, 11) is 0. The molecule has 0 nitrogen and oxygen atoms in total. The van der Waals surface area contributed by atoms with Crippen LogP contribution in [-0.4, -0.2) is 0 Å². The molecule has 0 heterocycles. The van der Waals surface area contributed by atoms with E-state index in [1.807, 2.05) is 38.1 Å². The molecule has 0 bridgehead atoms. The maximum absolute atomic E-state index is 12.8. The van der Waals surface area contributed by atoms with Gasteiger partial charge in [0.1, 0.15) is 6.17 Å². The van der Waals surface area contributed by atoms with Gasteiger partial charge in [-0.3, -0.25) is 0 Å². The highest BCUT2D eigenvalue weighted by molar-refractivity contribution is 5.23. The number of rotatable bonds is 3. The molecule has 80 valence electrons. The lowest BCUT2D eigenvalue weighted by atomic mass is 10.1. The molecule has 1 heteroatoms. The van der Waals surface area contributed by atoms with E-state index in [2.05, 4.69) is 6.92 Å². The Morgan fingerprint density at radius 2 is 1.64 bits per heavy atom. The Labute approximate surface area is 87.2 Å². The van der Waals surface area contributed by atoms with Gasteiger partial charge in [-0.05, 0) is 24.5 Å². The number of benzene rings is 1. The topological polar surface area (TPSA) is 0 Å². The number of aryl methyl sites for hydroxylation is 1. The van der Waals surface area contributed by atoms with Crippen LogP contribution in [-0.2, 0) is 6.42 Å². The molecular weight excluding hydrogens is 175 g/mol. The van der Waals surface area contributed by atoms with Crippen molar-refractivity contribution in [1.29, 1.82) is 0 Å². The first-order valence-corrected chi connectivity index (χ1v) is 5.47. The van der Waals surface area contributed by atoms with E-state index in [4.69, 9.17) is 0 Å². The molecule has 1 rings (SSSR count). The lowest BCUT2D eigenvalue weighted by Crippen LogP contribution is -1.87. The normalized spacial score (nSPS) is 11.5. The quantitative estimate of drug-likeness (QED) is 0.657. The third-order valence-electron chi connectivity index (χ3n) is 1.98. The Bertz CT molecular complexity index is 223. The maximum atomic E-state index is 12.8. The molecule has 0 saturated carbocycles. The molecule has 0 aliphatic rings. The fourth-order valence-electron chi connectivity index (χ4n) is 1.24. The smallest absolute Gasteiger partial charge is 0.122 e. The van der Waals surface area contributed by atoms with Gasteiger partial charge in [-0.2, -0.15) is 0 Å². The summed E-state index contributed by atoms with van der Waals surface area (Å²) in [5.41, 5.74) is 2.07. The molecule has 0 aliphatic heterocycles. The van der Waals surface area contributed by atoms with Gasteiger partial charge in [-0.15, -0.1) is 0 Å². The zero-order valence-corrected chi connectivity index (χ0v) is 9.68. The van der Waals surface area contributed by atoms with Crippen molar-refractivity contribution in [1.82, 2.24) is 0 Å². The lowest BCUT2D eigenvalue weighted by Gasteiger charge is -2.03. The summed E-state index contributed by atoms with van der Waals surface area (Å²) in [4.78, 5) is 0. The van der Waals surface area contributed by atoms with Crippen LogP contribution in [0.3, 0.4) is 0 Å². The summed E-state index contributed by atoms with van der Waals surface area (Å²) in [5.74, 6) is 0. The van der Waals surface area contributed by atoms with E-state index in [-0.39, 0.29) is 0 Å². The van der Waals surface area contributed by atoms with Crippen molar-refractivity contribution in [2.45, 2.75) is 46.7 Å². The summed E-state index contributed by atoms with van der Waals surface area (Å²) in [6.07, 6.45) is 1.38. The Balaban J connectivity index is 0.000000791. The largest absolute Gasteiger partial charge is 0.243 e. The van der Waals surface area contributed by atoms with E-state index < -0.39 is 6.17 Å². The van der Waals surface area contributed by atoms with Crippen LogP contribution in [0.25, 0.3) is 0 Å². The molecule has 0 N–H and O–H groups in total. The zero-order chi connectivity index (χ0) is 11.0. The minimum atomic E-state index is -0.847. The SMILES string of the molecule is CC.CCCc1ccc(C(C)F)cc1. The first-order valence-electron chi connectivity index (χ1n) is 5.47. The molecule has 0 amide bonds. The van der Waals surface area contributed by atoms with E-state index >= 15 is 0 Å². The number of halogens is 1. The summed E-state index contributed by atoms with van der Waals surface area (Å²) in [6, 6.07) is 7.76. The van der Waals surface area contributed by atoms with Crippen LogP contribution in [0.15, 0.2) is 24.3 Å². The highest BCUT2D eigenvalue weighted by atomic mass is 19.1. The second-order valence-electron chi connectivity index (χ2n) is 3.11. The van der Waals surface area contributed by atoms with Gasteiger partial charge in [0.2, 0.25) is 0 Å². The average Bonchev–Trinajstić information content (AvgIpc) is 2.22. The molecule has 1 atom stereocenters. The summed E-state index contributed by atoms with van der Waals surface area (Å²) < 4.78 is 12.8. The van der Waals surface area contributed by atoms with Gasteiger partial charge < -0.3 is 0 Å². The van der Waals surface area contributed by atoms with Crippen molar-refractivity contribution >= 4 is 0 Å². The Morgan fingerprint density at radius 3 is 2.00 bits per heavy atom. The van der Waals surface area contributed by atoms with Crippen LogP contribution >= 0.6 is 0 Å². The zero-order valence-electron chi connectivity index (χ0n) is 9.68. The molecule has 0 saturated heterocycles. The molecule has 0 fully saturated rings. The van der Waals surface area contributed by atoms with E-state index in [0.717, 1.165) is 18.4 Å². The third kappa shape index (κ3) is 4.40. The summed E-state index contributed by atoms with van der Waals surface area (Å²) >= 11 is 0. The van der Waals surface area contributed by atoms with E-state index in [1.54, 1.807) is 6.92 Å². The third-order valence-corrected chi connectivity index (χ3v) is 1.98. The number of hydrogen-bond donors (Lipinski definition) is 0. The summed E-state index contributed by atoms with van der Waals surface area (Å²) in [5, 5.41) is 0. The molecule has 0 spiro atoms. The van der Waals surface area contributed by atoms with Crippen LogP contribution < -0.4 is 0 Å². The van der Waals surface area contributed by atoms with Gasteiger partial charge in [0.15, 0.2) is 0 Å². The van der Waals surface area contributed by atoms with Crippen molar-refractivity contribution in [3.8, 4) is 0 Å². The Kier molecular flexibility index (Phi) is 7.09. The maximum Gasteiger partial charge on any atom is 0.122 e. The van der Waals surface area contributed by atoms with Crippen LogP contribution in [0.4, 0.5) is 4.39 Å². The molecule has 0 aromatic heterocycles. The Morgan fingerprint density at radius 1 is 1.14 bits per heavy atom. The number of hydrogen-bond acceptors (Lipinski definition) is 0. The van der Waals surface area contributed by atoms with Gasteiger partial charge in [-0.1, -0.05) is 51.5 Å². The minimum Gasteiger partial charge on any atom is -0.243 e. The van der Waals surface area contributed by atoms with Gasteiger partial charge >= 0.3 is 0 Å². The molecule has 1 unspecified atom stereocenters. The van der Waals surface area contributed by atoms with Crippen LogP contribution in [0.2, 0.25) is 0 Å². The number of alkyl halides is 1. The summed E-state index contributed by atoms with van der Waals surface area (Å²) in [6.45, 7) is 7.71. The van der Waals surface area contributed by atoms with Crippen molar-refractivity contribution in [3.63, 3.8) is 0 Å². The van der Waals surface area contributed by atoms with Gasteiger partial charge in [0.05, 0.1) is 0 Å². The van der Waals surface area contributed by atoms with E-state index in [1.165, 1.54) is 5.56 Å². The predicted octanol–water partition coefficient (Wildman–Crippen LogP) is 4.70. The van der Waals surface area contributed by atoms with Crippen LogP contribution in [0.1, 0.15) is 51.4 Å². The van der Waals surface area contributed by atoms with Crippen molar-refractivity contribution < 1.29 is 4.39 Å². The van der Waals surface area contributed by atoms with Crippen LogP contribution in [0, 0.1) is 0 Å². The fourth-order valence-corrected chi connectivity index (χ4v) is 1.24. The van der Waals surface area contributed by atoms with Gasteiger partial charge in [0, 0.05) is 0 Å². The second kappa shape index (κ2) is 7.54. The standard InChI is InChI=1S/C11H15F.C2H6/c1-3-4-10-5-7-11(8-6-10)9(2)12;1-2/h5-9H,3-4H2,1-2H3;1-2H3. The highest BCUT2D eigenvalue weighted by Crippen LogP contribution is 2.16. The van der Waals surface area contributed by atoms with Gasteiger partial charge in [-0.25, -0.2) is 4.39 Å². The molecular formula is C13H21F. The van der Waals surface area contributed by atoms with Crippen molar-refractivity contribution in [3.05, 3.63) is 35.4 Å². The molecule has 0 aliphatic carbocycles. The molecule has 1 aromatic rings. The average molecular weight is 196 g/mol. The highest BCUT2D eigenvalue weighted by Gasteiger charge is 2.00. The fraction of sp³-hybridized carbons (Fsp3) is 0.538. The first kappa shape index (κ1) is 13.2. The van der Waals surface area contributed by atoms with Gasteiger partial charge in [0.25, 0.3) is 0 Å². The van der Waals surface area contributed by atoms with Crippen molar-refractivity contribution in [2.24, 2.45) is 0 Å². The second-order valence-corrected chi connectivity index (χ2v) is 3.11. The monoisotopic (exact) mass is 196 g/mol. The van der Waals surface area contributed by atoms with E-state index in [9.17, 15) is 4.39 Å². The minimum absolute atomic E-state index is 0.773.